The van der Waals surface area contributed by atoms with Gasteiger partial charge in [0.2, 0.25) is 0 Å². The van der Waals surface area contributed by atoms with Gasteiger partial charge in [-0.05, 0) is 62.5 Å². The minimum Gasteiger partial charge on any atom is -0.488 e. The van der Waals surface area contributed by atoms with Crippen LogP contribution >= 0.6 is 11.6 Å². The van der Waals surface area contributed by atoms with Crippen molar-refractivity contribution in [2.45, 2.75) is 44.6 Å². The average molecular weight is 275 g/mol. The van der Waals surface area contributed by atoms with Gasteiger partial charge in [-0.2, -0.15) is 0 Å². The van der Waals surface area contributed by atoms with Crippen LogP contribution in [0.15, 0.2) is 47.7 Å². The van der Waals surface area contributed by atoms with Gasteiger partial charge in [0.15, 0.2) is 0 Å². The predicted octanol–water partition coefficient (Wildman–Crippen LogP) is 5.23. The highest BCUT2D eigenvalue weighted by Crippen LogP contribution is 2.43. The fourth-order valence-corrected chi connectivity index (χ4v) is 3.07. The van der Waals surface area contributed by atoms with Crippen molar-refractivity contribution in [3.8, 4) is 0 Å². The van der Waals surface area contributed by atoms with Crippen molar-refractivity contribution in [2.75, 3.05) is 0 Å². The van der Waals surface area contributed by atoms with Crippen LogP contribution in [-0.4, -0.2) is 5.60 Å². The van der Waals surface area contributed by atoms with Gasteiger partial charge >= 0.3 is 0 Å². The second-order valence-electron chi connectivity index (χ2n) is 5.99. The van der Waals surface area contributed by atoms with Crippen molar-refractivity contribution in [1.82, 2.24) is 0 Å². The second kappa shape index (κ2) is 4.72. The average Bonchev–Trinajstić information content (AvgIpc) is 2.37. The zero-order valence-electron chi connectivity index (χ0n) is 11.4. The SMILES string of the molecule is CC1(C)CCC2=C(C=CC[C@@H]2c2ccc(Cl)cc2)O1. The molecule has 0 saturated heterocycles. The van der Waals surface area contributed by atoms with Crippen LogP contribution in [0, 0.1) is 0 Å². The lowest BCUT2D eigenvalue weighted by Gasteiger charge is -2.37. The standard InChI is InChI=1S/C17H19ClO/c1-17(2)11-10-15-14(4-3-5-16(15)19-17)12-6-8-13(18)9-7-12/h3,5-9,14H,4,10-11H2,1-2H3/t14-/m1/s1. The number of halogens is 1. The van der Waals surface area contributed by atoms with Crippen LogP contribution in [0.3, 0.4) is 0 Å². The number of hydrogen-bond acceptors (Lipinski definition) is 1. The van der Waals surface area contributed by atoms with Crippen molar-refractivity contribution >= 4 is 11.6 Å². The molecule has 1 aliphatic heterocycles. The van der Waals surface area contributed by atoms with Crippen molar-refractivity contribution in [3.05, 3.63) is 58.3 Å². The zero-order valence-corrected chi connectivity index (χ0v) is 12.2. The summed E-state index contributed by atoms with van der Waals surface area (Å²) in [5, 5.41) is 0.797. The van der Waals surface area contributed by atoms with Crippen LogP contribution in [-0.2, 0) is 4.74 Å². The van der Waals surface area contributed by atoms with E-state index < -0.39 is 0 Å². The molecule has 0 unspecified atom stereocenters. The van der Waals surface area contributed by atoms with Gasteiger partial charge in [-0.15, -0.1) is 0 Å². The van der Waals surface area contributed by atoms with E-state index in [9.17, 15) is 0 Å². The molecule has 100 valence electrons. The molecule has 3 rings (SSSR count). The zero-order chi connectivity index (χ0) is 13.5. The van der Waals surface area contributed by atoms with E-state index in [2.05, 4.69) is 38.1 Å². The van der Waals surface area contributed by atoms with E-state index in [-0.39, 0.29) is 5.60 Å². The highest BCUT2D eigenvalue weighted by molar-refractivity contribution is 6.30. The molecule has 1 heterocycles. The molecule has 1 aromatic carbocycles. The second-order valence-corrected chi connectivity index (χ2v) is 6.43. The summed E-state index contributed by atoms with van der Waals surface area (Å²) in [4.78, 5) is 0. The molecule has 0 radical (unpaired) electrons. The first kappa shape index (κ1) is 12.8. The molecule has 0 aromatic heterocycles. The number of rotatable bonds is 1. The summed E-state index contributed by atoms with van der Waals surface area (Å²) < 4.78 is 6.12. The van der Waals surface area contributed by atoms with E-state index in [1.165, 1.54) is 11.1 Å². The third-order valence-corrected chi connectivity index (χ3v) is 4.29. The van der Waals surface area contributed by atoms with Gasteiger partial charge in [-0.3, -0.25) is 0 Å². The third kappa shape index (κ3) is 2.57. The monoisotopic (exact) mass is 274 g/mol. The maximum absolute atomic E-state index is 6.12. The molecule has 1 nitrogen and oxygen atoms in total. The summed E-state index contributed by atoms with van der Waals surface area (Å²) in [5.74, 6) is 1.54. The molecule has 0 bridgehead atoms. The van der Waals surface area contributed by atoms with Crippen molar-refractivity contribution in [2.24, 2.45) is 0 Å². The first-order valence-corrected chi connectivity index (χ1v) is 7.27. The lowest BCUT2D eigenvalue weighted by atomic mass is 9.79. The summed E-state index contributed by atoms with van der Waals surface area (Å²) in [6.07, 6.45) is 7.64. The Balaban J connectivity index is 1.94. The number of benzene rings is 1. The summed E-state index contributed by atoms with van der Waals surface area (Å²) >= 11 is 5.97. The fourth-order valence-electron chi connectivity index (χ4n) is 2.95. The maximum atomic E-state index is 6.12. The molecule has 2 aliphatic rings. The van der Waals surface area contributed by atoms with Crippen molar-refractivity contribution in [1.29, 1.82) is 0 Å². The Morgan fingerprint density at radius 2 is 1.95 bits per heavy atom. The Hall–Kier alpha value is -1.21. The van der Waals surface area contributed by atoms with E-state index in [4.69, 9.17) is 16.3 Å². The maximum Gasteiger partial charge on any atom is 0.119 e. The minimum absolute atomic E-state index is 0.0366. The van der Waals surface area contributed by atoms with Crippen LogP contribution in [0.2, 0.25) is 5.02 Å². The Labute approximate surface area is 119 Å². The smallest absolute Gasteiger partial charge is 0.119 e. The van der Waals surface area contributed by atoms with Crippen molar-refractivity contribution < 1.29 is 4.74 Å². The molecule has 0 fully saturated rings. The molecule has 0 spiro atoms. The molecule has 2 heteroatoms. The molecule has 0 N–H and O–H groups in total. The normalized spacial score (nSPS) is 24.9. The lowest BCUT2D eigenvalue weighted by molar-refractivity contribution is 0.0173. The van der Waals surface area contributed by atoms with E-state index in [0.717, 1.165) is 30.0 Å². The van der Waals surface area contributed by atoms with E-state index >= 15 is 0 Å². The molecule has 1 atom stereocenters. The molecule has 19 heavy (non-hydrogen) atoms. The molecular weight excluding hydrogens is 256 g/mol. The fraction of sp³-hybridized carbons (Fsp3) is 0.412. The van der Waals surface area contributed by atoms with E-state index in [1.807, 2.05) is 12.1 Å². The molecule has 1 aliphatic carbocycles. The summed E-state index contributed by atoms with van der Waals surface area (Å²) in [5.41, 5.74) is 2.75. The third-order valence-electron chi connectivity index (χ3n) is 4.03. The summed E-state index contributed by atoms with van der Waals surface area (Å²) in [7, 11) is 0. The summed E-state index contributed by atoms with van der Waals surface area (Å²) in [6.45, 7) is 4.33. The Bertz CT molecular complexity index is 537. The quantitative estimate of drug-likeness (QED) is 0.682. The number of ether oxygens (including phenoxy) is 1. The topological polar surface area (TPSA) is 9.23 Å². The van der Waals surface area contributed by atoms with Gasteiger partial charge in [-0.25, -0.2) is 0 Å². The molecule has 0 saturated carbocycles. The number of hydrogen-bond donors (Lipinski definition) is 0. The van der Waals surface area contributed by atoms with Crippen LogP contribution in [0.25, 0.3) is 0 Å². The van der Waals surface area contributed by atoms with Gasteiger partial charge in [0.1, 0.15) is 11.4 Å². The number of allylic oxidation sites excluding steroid dienone is 3. The van der Waals surface area contributed by atoms with Crippen LogP contribution in [0.5, 0.6) is 0 Å². The Morgan fingerprint density at radius 3 is 2.68 bits per heavy atom. The molecular formula is C17H19ClO. The predicted molar refractivity (Wildman–Crippen MR) is 79.4 cm³/mol. The van der Waals surface area contributed by atoms with Gasteiger partial charge in [0.05, 0.1) is 0 Å². The Morgan fingerprint density at radius 1 is 1.21 bits per heavy atom. The summed E-state index contributed by atoms with van der Waals surface area (Å²) in [6, 6.07) is 8.22. The van der Waals surface area contributed by atoms with Gasteiger partial charge in [0, 0.05) is 10.9 Å². The molecule has 0 amide bonds. The van der Waals surface area contributed by atoms with Crippen LogP contribution in [0.4, 0.5) is 0 Å². The first-order valence-electron chi connectivity index (χ1n) is 6.89. The van der Waals surface area contributed by atoms with Gasteiger partial charge in [-0.1, -0.05) is 29.8 Å². The van der Waals surface area contributed by atoms with E-state index in [1.54, 1.807) is 0 Å². The first-order chi connectivity index (χ1) is 9.05. The van der Waals surface area contributed by atoms with Crippen LogP contribution in [0.1, 0.15) is 44.6 Å². The highest BCUT2D eigenvalue weighted by Gasteiger charge is 2.32. The van der Waals surface area contributed by atoms with Gasteiger partial charge < -0.3 is 4.74 Å². The Kier molecular flexibility index (Phi) is 3.18. The largest absolute Gasteiger partial charge is 0.488 e. The lowest BCUT2D eigenvalue weighted by Crippen LogP contribution is -2.30. The van der Waals surface area contributed by atoms with Crippen LogP contribution < -0.4 is 0 Å². The highest BCUT2D eigenvalue weighted by atomic mass is 35.5. The molecule has 1 aromatic rings. The van der Waals surface area contributed by atoms with Crippen molar-refractivity contribution in [3.63, 3.8) is 0 Å². The van der Waals surface area contributed by atoms with E-state index in [0.29, 0.717) is 5.92 Å². The van der Waals surface area contributed by atoms with Gasteiger partial charge in [0.25, 0.3) is 0 Å². The minimum atomic E-state index is -0.0366.